The second kappa shape index (κ2) is 9.55. The standard InChI is InChI=1S/C30H31ClN6O6/c1-36(2)17-9-15(13-5-7-14(31)8-6-13)21(38)18-16(17)10-28(34)11-30(35)24(37(3)4)23(40)19(27(33)43)25(41)29(30,12-32)26(42)20(28)22(18)39/h5-9,24,38-39,41H,10-11,34-35H2,1-4H3,(H2,33,43)/t24-,28-,29+,30-/m1/s1. The molecule has 3 aliphatic carbocycles. The number of nitriles is 1. The number of aliphatic hydroxyl groups is 2. The molecule has 13 heteroatoms. The predicted molar refractivity (Wildman–Crippen MR) is 159 cm³/mol. The number of hydrogen-bond donors (Lipinski definition) is 6. The van der Waals surface area contributed by atoms with E-state index >= 15 is 0 Å². The first-order chi connectivity index (χ1) is 20.0. The zero-order chi connectivity index (χ0) is 32.0. The molecule has 9 N–H and O–H groups in total. The third-order valence-corrected chi connectivity index (χ3v) is 9.12. The van der Waals surface area contributed by atoms with E-state index < -0.39 is 69.1 Å². The van der Waals surface area contributed by atoms with Gasteiger partial charge in [-0.1, -0.05) is 23.7 Å². The quantitative estimate of drug-likeness (QED) is 0.272. The molecule has 0 radical (unpaired) electrons. The van der Waals surface area contributed by atoms with E-state index in [1.54, 1.807) is 55.4 Å². The van der Waals surface area contributed by atoms with Gasteiger partial charge in [-0.3, -0.25) is 19.3 Å². The molecule has 5 rings (SSSR count). The number of nitrogens with two attached hydrogens (primary N) is 3. The van der Waals surface area contributed by atoms with Crippen molar-refractivity contribution in [3.8, 4) is 22.9 Å². The summed E-state index contributed by atoms with van der Waals surface area (Å²) in [5, 5.41) is 45.8. The van der Waals surface area contributed by atoms with Crippen molar-refractivity contribution >= 4 is 40.5 Å². The Morgan fingerprint density at radius 3 is 2.21 bits per heavy atom. The van der Waals surface area contributed by atoms with Gasteiger partial charge in [0.1, 0.15) is 22.8 Å². The maximum atomic E-state index is 14.6. The number of anilines is 1. The number of aromatic hydroxyl groups is 1. The number of carbonyl (C=O) groups excluding carboxylic acids is 3. The highest BCUT2D eigenvalue weighted by molar-refractivity contribution is 6.30. The van der Waals surface area contributed by atoms with Gasteiger partial charge >= 0.3 is 0 Å². The van der Waals surface area contributed by atoms with Crippen LogP contribution in [0.3, 0.4) is 0 Å². The van der Waals surface area contributed by atoms with E-state index in [0.29, 0.717) is 27.4 Å². The molecule has 0 aliphatic heterocycles. The number of ketones is 2. The lowest BCUT2D eigenvalue weighted by Gasteiger charge is -2.58. The van der Waals surface area contributed by atoms with Crippen molar-refractivity contribution in [2.45, 2.75) is 30.0 Å². The third kappa shape index (κ3) is 3.76. The first kappa shape index (κ1) is 30.1. The van der Waals surface area contributed by atoms with E-state index in [1.165, 1.54) is 19.0 Å². The van der Waals surface area contributed by atoms with E-state index in [2.05, 4.69) is 0 Å². The van der Waals surface area contributed by atoms with Gasteiger partial charge in [-0.15, -0.1) is 0 Å². The second-order valence-corrected chi connectivity index (χ2v) is 12.3. The van der Waals surface area contributed by atoms with Crippen LogP contribution in [-0.4, -0.2) is 83.0 Å². The summed E-state index contributed by atoms with van der Waals surface area (Å²) in [6.45, 7) is 0. The fraction of sp³-hybridized carbons (Fsp3) is 0.333. The van der Waals surface area contributed by atoms with Crippen LogP contribution in [0.5, 0.6) is 5.75 Å². The van der Waals surface area contributed by atoms with Crippen LogP contribution < -0.4 is 22.1 Å². The summed E-state index contributed by atoms with van der Waals surface area (Å²) in [7, 11) is 6.44. The van der Waals surface area contributed by atoms with Gasteiger partial charge in [0, 0.05) is 30.4 Å². The number of aliphatic hydroxyl groups excluding tert-OH is 2. The molecule has 0 saturated heterocycles. The van der Waals surface area contributed by atoms with Crippen LogP contribution in [-0.2, 0) is 20.8 Å². The Morgan fingerprint density at radius 2 is 1.70 bits per heavy atom. The van der Waals surface area contributed by atoms with Crippen molar-refractivity contribution in [1.82, 2.24) is 4.90 Å². The highest BCUT2D eigenvalue weighted by atomic mass is 35.5. The maximum Gasteiger partial charge on any atom is 0.255 e. The first-order valence-corrected chi connectivity index (χ1v) is 13.6. The molecule has 43 heavy (non-hydrogen) atoms. The summed E-state index contributed by atoms with van der Waals surface area (Å²) >= 11 is 6.06. The van der Waals surface area contributed by atoms with E-state index in [4.69, 9.17) is 28.8 Å². The summed E-state index contributed by atoms with van der Waals surface area (Å²) in [5.41, 5.74) is 12.9. The van der Waals surface area contributed by atoms with Gasteiger partial charge in [-0.05, 0) is 56.3 Å². The maximum absolute atomic E-state index is 14.6. The minimum absolute atomic E-state index is 0.0900. The molecule has 0 spiro atoms. The molecule has 4 atom stereocenters. The highest BCUT2D eigenvalue weighted by Crippen LogP contribution is 2.59. The van der Waals surface area contributed by atoms with Gasteiger partial charge in [0.25, 0.3) is 5.91 Å². The highest BCUT2D eigenvalue weighted by Gasteiger charge is 2.74. The Bertz CT molecular complexity index is 1740. The van der Waals surface area contributed by atoms with Gasteiger partial charge in [0.2, 0.25) is 0 Å². The Labute approximate surface area is 252 Å². The number of phenols is 1. The SMILES string of the molecule is CN(C)c1cc(-c2ccc(Cl)cc2)c(O)c2c1C[C@@]1(N)C[C@@]3(N)[C@H](N(C)C)C(=O)C(C(N)=O)=C(O)[C@@]3(C#N)C(=O)C1=C2O. The topological polar surface area (TPSA) is 220 Å². The zero-order valence-corrected chi connectivity index (χ0v) is 24.7. The fourth-order valence-corrected chi connectivity index (χ4v) is 7.25. The summed E-state index contributed by atoms with van der Waals surface area (Å²) in [4.78, 5) is 43.6. The number of benzene rings is 2. The van der Waals surface area contributed by atoms with Crippen LogP contribution in [0.1, 0.15) is 17.5 Å². The predicted octanol–water partition coefficient (Wildman–Crippen LogP) is 1.29. The molecule has 2 aromatic carbocycles. The van der Waals surface area contributed by atoms with Crippen LogP contribution in [0.25, 0.3) is 16.9 Å². The summed E-state index contributed by atoms with van der Waals surface area (Å²) in [6, 6.07) is 8.63. The molecule has 1 saturated carbocycles. The van der Waals surface area contributed by atoms with Crippen molar-refractivity contribution in [2.75, 3.05) is 33.1 Å². The van der Waals surface area contributed by atoms with Gasteiger partial charge in [0.15, 0.2) is 17.0 Å². The van der Waals surface area contributed by atoms with Crippen LogP contribution in [0, 0.1) is 16.7 Å². The van der Waals surface area contributed by atoms with E-state index in [1.807, 2.05) is 0 Å². The van der Waals surface area contributed by atoms with E-state index in [0.717, 1.165) is 0 Å². The number of nitrogens with zero attached hydrogens (tertiary/aromatic N) is 3. The average Bonchev–Trinajstić information content (AvgIpc) is 2.88. The van der Waals surface area contributed by atoms with Gasteiger partial charge < -0.3 is 37.4 Å². The minimum Gasteiger partial charge on any atom is -0.509 e. The lowest BCUT2D eigenvalue weighted by molar-refractivity contribution is -0.139. The molecule has 2 aromatic rings. The summed E-state index contributed by atoms with van der Waals surface area (Å²) in [6.07, 6.45) is -0.590. The number of carbonyl (C=O) groups is 3. The van der Waals surface area contributed by atoms with Gasteiger partial charge in [-0.2, -0.15) is 5.26 Å². The van der Waals surface area contributed by atoms with Gasteiger partial charge in [-0.25, -0.2) is 0 Å². The number of Topliss-reactive ketones (excluding diaryl/α,β-unsaturated/α-hetero) is 2. The molecule has 0 unspecified atom stereocenters. The van der Waals surface area contributed by atoms with E-state index in [-0.39, 0.29) is 17.7 Å². The van der Waals surface area contributed by atoms with Crippen molar-refractivity contribution in [3.05, 3.63) is 63.4 Å². The molecular formula is C30H31ClN6O6. The number of halogens is 1. The molecule has 1 amide bonds. The molecule has 0 heterocycles. The Kier molecular flexibility index (Phi) is 6.68. The molecule has 0 aromatic heterocycles. The zero-order valence-electron chi connectivity index (χ0n) is 23.9. The van der Waals surface area contributed by atoms with Crippen molar-refractivity contribution in [2.24, 2.45) is 22.6 Å². The molecule has 224 valence electrons. The molecule has 1 fully saturated rings. The number of phenolic OH excluding ortho intramolecular Hbond substituents is 1. The van der Waals surface area contributed by atoms with Crippen LogP contribution >= 0.6 is 11.6 Å². The monoisotopic (exact) mass is 606 g/mol. The largest absolute Gasteiger partial charge is 0.509 e. The number of amides is 1. The lowest BCUT2D eigenvalue weighted by atomic mass is 9.47. The minimum atomic E-state index is -2.72. The van der Waals surface area contributed by atoms with Crippen LogP contribution in [0.15, 0.2) is 47.2 Å². The number of likely N-dealkylation sites (N-methyl/N-ethyl adjacent to an activating group) is 1. The van der Waals surface area contributed by atoms with Crippen LogP contribution in [0.2, 0.25) is 5.02 Å². The number of fused-ring (bicyclic) bond motifs is 3. The first-order valence-electron chi connectivity index (χ1n) is 13.2. The van der Waals surface area contributed by atoms with E-state index in [9.17, 15) is 35.0 Å². The normalized spacial score (nSPS) is 28.3. The van der Waals surface area contributed by atoms with Crippen molar-refractivity contribution in [3.63, 3.8) is 0 Å². The number of hydrogen-bond acceptors (Lipinski definition) is 11. The average molecular weight is 607 g/mol. The Balaban J connectivity index is 1.88. The Hall–Kier alpha value is -4.41. The number of primary amides is 1. The molecule has 3 aliphatic rings. The number of rotatable bonds is 4. The van der Waals surface area contributed by atoms with Crippen molar-refractivity contribution in [1.29, 1.82) is 5.26 Å². The molecule has 0 bridgehead atoms. The molecule has 12 nitrogen and oxygen atoms in total. The summed E-state index contributed by atoms with van der Waals surface area (Å²) in [5.74, 6) is -5.79. The summed E-state index contributed by atoms with van der Waals surface area (Å²) < 4.78 is 0. The second-order valence-electron chi connectivity index (χ2n) is 11.8. The fourth-order valence-electron chi connectivity index (χ4n) is 7.13. The smallest absolute Gasteiger partial charge is 0.255 e. The Morgan fingerprint density at radius 1 is 1.09 bits per heavy atom. The molecular weight excluding hydrogens is 576 g/mol. The van der Waals surface area contributed by atoms with Crippen LogP contribution in [0.4, 0.5) is 5.69 Å². The third-order valence-electron chi connectivity index (χ3n) is 8.86. The lowest BCUT2D eigenvalue weighted by Crippen LogP contribution is -2.80. The van der Waals surface area contributed by atoms with Crippen molar-refractivity contribution < 1.29 is 29.7 Å². The van der Waals surface area contributed by atoms with Gasteiger partial charge in [0.05, 0.1) is 34.3 Å².